The summed E-state index contributed by atoms with van der Waals surface area (Å²) in [5.41, 5.74) is 3.47. The fourth-order valence-corrected chi connectivity index (χ4v) is 3.31. The number of nitrogens with zero attached hydrogens (tertiary/aromatic N) is 2. The summed E-state index contributed by atoms with van der Waals surface area (Å²) in [6.45, 7) is 3.38. The molecule has 0 amide bonds. The summed E-state index contributed by atoms with van der Waals surface area (Å²) in [7, 11) is 0. The average molecular weight is 449 g/mol. The van der Waals surface area contributed by atoms with E-state index in [2.05, 4.69) is 10.5 Å². The van der Waals surface area contributed by atoms with E-state index in [9.17, 15) is 28.2 Å². The molecule has 0 bridgehead atoms. The lowest BCUT2D eigenvalue weighted by Gasteiger charge is -2.10. The van der Waals surface area contributed by atoms with Gasteiger partial charge in [-0.15, -0.1) is 0 Å². The van der Waals surface area contributed by atoms with Crippen LogP contribution in [0.1, 0.15) is 36.5 Å². The van der Waals surface area contributed by atoms with Crippen LogP contribution in [0.15, 0.2) is 47.6 Å². The number of fused-ring (bicyclic) bond motifs is 1. The first-order valence-corrected chi connectivity index (χ1v) is 9.70. The maximum absolute atomic E-state index is 13.3. The van der Waals surface area contributed by atoms with Gasteiger partial charge in [0.2, 0.25) is 5.88 Å². The number of carbonyl (C=O) groups is 1. The molecule has 0 aliphatic rings. The predicted molar refractivity (Wildman–Crippen MR) is 113 cm³/mol. The second-order valence-electron chi connectivity index (χ2n) is 7.37. The van der Waals surface area contributed by atoms with Crippen LogP contribution in [-0.2, 0) is 11.0 Å². The molecule has 4 N–H and O–H groups in total. The lowest BCUT2D eigenvalue weighted by Crippen LogP contribution is -2.25. The fraction of sp³-hybridized carbons (Fsp3) is 0.273. The second kappa shape index (κ2) is 8.91. The van der Waals surface area contributed by atoms with E-state index in [4.69, 9.17) is 5.11 Å². The maximum atomic E-state index is 13.3. The van der Waals surface area contributed by atoms with Crippen LogP contribution in [0.4, 0.5) is 13.2 Å². The topological polar surface area (TPSA) is 107 Å². The standard InChI is InChI=1S/C22H22F3N3O4/c1-12-3-6-15(7-4-12)28-17-11-14(22(23,24)25)5-8-16(17)20(21(28)32)13(2)26-27-18(29)9-10-19(30)31/h3-8,11,18,27,29,32H,9-10H2,1-2H3,(H,30,31). The number of aliphatic carboxylic acids is 1. The first kappa shape index (κ1) is 23.1. The van der Waals surface area contributed by atoms with Gasteiger partial charge in [-0.05, 0) is 38.1 Å². The molecule has 0 aliphatic carbocycles. The molecule has 1 unspecified atom stereocenters. The zero-order chi connectivity index (χ0) is 23.6. The second-order valence-corrected chi connectivity index (χ2v) is 7.37. The molecule has 32 heavy (non-hydrogen) atoms. The van der Waals surface area contributed by atoms with Crippen LogP contribution in [-0.4, -0.2) is 37.8 Å². The molecule has 2 aromatic carbocycles. The molecule has 0 spiro atoms. The van der Waals surface area contributed by atoms with Crippen molar-refractivity contribution in [2.45, 2.75) is 39.1 Å². The average Bonchev–Trinajstić information content (AvgIpc) is 3.01. The molecular weight excluding hydrogens is 427 g/mol. The largest absolute Gasteiger partial charge is 0.494 e. The number of halogens is 3. The minimum absolute atomic E-state index is 0.0990. The number of nitrogens with one attached hydrogen (secondary N) is 1. The van der Waals surface area contributed by atoms with E-state index in [1.54, 1.807) is 24.3 Å². The van der Waals surface area contributed by atoms with Crippen molar-refractivity contribution in [1.82, 2.24) is 9.99 Å². The number of rotatable bonds is 7. The number of aryl methyl sites for hydroxylation is 1. The number of carboxylic acid groups (broad SMARTS) is 1. The molecule has 170 valence electrons. The lowest BCUT2D eigenvalue weighted by atomic mass is 10.1. The van der Waals surface area contributed by atoms with Crippen LogP contribution in [0.5, 0.6) is 5.88 Å². The van der Waals surface area contributed by atoms with Crippen molar-refractivity contribution in [3.63, 3.8) is 0 Å². The molecule has 3 aromatic rings. The number of hydrogen-bond acceptors (Lipinski definition) is 5. The van der Waals surface area contributed by atoms with Crippen molar-refractivity contribution in [2.24, 2.45) is 5.10 Å². The highest BCUT2D eigenvalue weighted by atomic mass is 19.4. The predicted octanol–water partition coefficient (Wildman–Crippen LogP) is 4.16. The van der Waals surface area contributed by atoms with Gasteiger partial charge in [0.25, 0.3) is 0 Å². The SMILES string of the molecule is CC(=NNC(O)CCC(=O)O)c1c(O)n(-c2ccc(C)cc2)c2cc(C(F)(F)F)ccc12. The Kier molecular flexibility index (Phi) is 6.45. The molecule has 7 nitrogen and oxygen atoms in total. The summed E-state index contributed by atoms with van der Waals surface area (Å²) in [5.74, 6) is -1.39. The number of benzene rings is 2. The third kappa shape index (κ3) is 4.86. The van der Waals surface area contributed by atoms with Gasteiger partial charge in [-0.25, -0.2) is 0 Å². The van der Waals surface area contributed by atoms with Gasteiger partial charge in [-0.3, -0.25) is 14.8 Å². The van der Waals surface area contributed by atoms with Gasteiger partial charge in [-0.2, -0.15) is 18.3 Å². The summed E-state index contributed by atoms with van der Waals surface area (Å²) in [4.78, 5) is 10.6. The minimum atomic E-state index is -4.56. The first-order chi connectivity index (χ1) is 15.0. The highest BCUT2D eigenvalue weighted by Crippen LogP contribution is 2.38. The third-order valence-electron chi connectivity index (χ3n) is 4.94. The van der Waals surface area contributed by atoms with Crippen molar-refractivity contribution >= 4 is 22.6 Å². The van der Waals surface area contributed by atoms with Crippen LogP contribution in [0, 0.1) is 6.92 Å². The van der Waals surface area contributed by atoms with Crippen molar-refractivity contribution in [3.05, 3.63) is 59.2 Å². The molecule has 10 heteroatoms. The van der Waals surface area contributed by atoms with E-state index in [-0.39, 0.29) is 35.5 Å². The molecule has 1 heterocycles. The Bertz CT molecular complexity index is 1170. The summed E-state index contributed by atoms with van der Waals surface area (Å²) < 4.78 is 41.3. The summed E-state index contributed by atoms with van der Waals surface area (Å²) in [6.07, 6.45) is -6.19. The van der Waals surface area contributed by atoms with E-state index in [1.165, 1.54) is 17.6 Å². The zero-order valence-corrected chi connectivity index (χ0v) is 17.3. The number of hydrazone groups is 1. The summed E-state index contributed by atoms with van der Waals surface area (Å²) in [5, 5.41) is 33.8. The lowest BCUT2D eigenvalue weighted by molar-refractivity contribution is -0.138. The molecule has 0 aliphatic heterocycles. The Morgan fingerprint density at radius 3 is 2.44 bits per heavy atom. The van der Waals surface area contributed by atoms with Crippen LogP contribution >= 0.6 is 0 Å². The highest BCUT2D eigenvalue weighted by molar-refractivity contribution is 6.12. The van der Waals surface area contributed by atoms with E-state index >= 15 is 0 Å². The van der Waals surface area contributed by atoms with Crippen LogP contribution in [0.25, 0.3) is 16.6 Å². The number of aromatic nitrogens is 1. The Hall–Kier alpha value is -3.53. The number of aliphatic hydroxyl groups excluding tert-OH is 1. The van der Waals surface area contributed by atoms with Crippen LogP contribution in [0.2, 0.25) is 0 Å². The number of carboxylic acids is 1. The monoisotopic (exact) mass is 449 g/mol. The highest BCUT2D eigenvalue weighted by Gasteiger charge is 2.32. The van der Waals surface area contributed by atoms with Crippen molar-refractivity contribution in [3.8, 4) is 11.6 Å². The molecular formula is C22H22F3N3O4. The van der Waals surface area contributed by atoms with Crippen LogP contribution in [0.3, 0.4) is 0 Å². The fourth-order valence-electron chi connectivity index (χ4n) is 3.31. The quantitative estimate of drug-likeness (QED) is 0.246. The van der Waals surface area contributed by atoms with Crippen molar-refractivity contribution in [2.75, 3.05) is 0 Å². The Morgan fingerprint density at radius 1 is 1.19 bits per heavy atom. The van der Waals surface area contributed by atoms with Crippen molar-refractivity contribution < 1.29 is 33.3 Å². The number of hydrogen-bond donors (Lipinski definition) is 4. The first-order valence-electron chi connectivity index (χ1n) is 9.70. The van der Waals surface area contributed by atoms with Crippen LogP contribution < -0.4 is 5.43 Å². The Labute approximate surface area is 181 Å². The van der Waals surface area contributed by atoms with Gasteiger partial charge in [-0.1, -0.05) is 23.8 Å². The molecule has 0 radical (unpaired) electrons. The number of aromatic hydroxyl groups is 1. The van der Waals surface area contributed by atoms with Gasteiger partial charge in [0.1, 0.15) is 6.23 Å². The van der Waals surface area contributed by atoms with Gasteiger partial charge in [0.15, 0.2) is 0 Å². The van der Waals surface area contributed by atoms with E-state index in [0.717, 1.165) is 17.7 Å². The number of aliphatic hydroxyl groups is 1. The molecule has 1 atom stereocenters. The van der Waals surface area contributed by atoms with Gasteiger partial charge in [0.05, 0.1) is 22.4 Å². The van der Waals surface area contributed by atoms with Gasteiger partial charge < -0.3 is 15.3 Å². The smallest absolute Gasteiger partial charge is 0.416 e. The molecule has 1 aromatic heterocycles. The van der Waals surface area contributed by atoms with Crippen molar-refractivity contribution in [1.29, 1.82) is 0 Å². The molecule has 0 saturated heterocycles. The molecule has 3 rings (SSSR count). The minimum Gasteiger partial charge on any atom is -0.494 e. The zero-order valence-electron chi connectivity index (χ0n) is 17.3. The number of alkyl halides is 3. The Morgan fingerprint density at radius 2 is 1.84 bits per heavy atom. The third-order valence-corrected chi connectivity index (χ3v) is 4.94. The van der Waals surface area contributed by atoms with E-state index in [0.29, 0.717) is 11.1 Å². The summed E-state index contributed by atoms with van der Waals surface area (Å²) in [6, 6.07) is 10.0. The maximum Gasteiger partial charge on any atom is 0.416 e. The van der Waals surface area contributed by atoms with Gasteiger partial charge in [0, 0.05) is 23.9 Å². The van der Waals surface area contributed by atoms with E-state index in [1.807, 2.05) is 6.92 Å². The Balaban J connectivity index is 2.12. The van der Waals surface area contributed by atoms with Gasteiger partial charge >= 0.3 is 12.1 Å². The molecule has 0 saturated carbocycles. The summed E-state index contributed by atoms with van der Waals surface area (Å²) >= 11 is 0. The molecule has 0 fully saturated rings. The van der Waals surface area contributed by atoms with E-state index < -0.39 is 23.9 Å². The normalized spacial score (nSPS) is 13.4.